The number of hydrogen-bond donors (Lipinski definition) is 4. The summed E-state index contributed by atoms with van der Waals surface area (Å²) in [6.07, 6.45) is 2.39. The van der Waals surface area contributed by atoms with Crippen molar-refractivity contribution in [2.24, 2.45) is 0 Å². The summed E-state index contributed by atoms with van der Waals surface area (Å²) in [6.45, 7) is 14.7. The van der Waals surface area contributed by atoms with E-state index in [0.29, 0.717) is 18.5 Å². The van der Waals surface area contributed by atoms with E-state index in [1.165, 1.54) is 16.7 Å². The van der Waals surface area contributed by atoms with Crippen molar-refractivity contribution in [3.63, 3.8) is 0 Å². The molecule has 3 aromatic rings. The normalized spacial score (nSPS) is 13.3. The first-order valence-corrected chi connectivity index (χ1v) is 15.0. The van der Waals surface area contributed by atoms with Crippen molar-refractivity contribution in [1.29, 1.82) is 0 Å². The maximum atomic E-state index is 11.6. The van der Waals surface area contributed by atoms with Crippen LogP contribution in [0.2, 0.25) is 0 Å². The van der Waals surface area contributed by atoms with E-state index in [1.807, 2.05) is 19.9 Å². The lowest BCUT2D eigenvalue weighted by atomic mass is 9.99. The minimum Gasteiger partial charge on any atom is -0.481 e. The van der Waals surface area contributed by atoms with Crippen molar-refractivity contribution in [2.75, 3.05) is 0 Å². The first-order valence-electron chi connectivity index (χ1n) is 15.0. The number of carbonyl (C=O) groups is 2. The topological polar surface area (TPSA) is 132 Å². The van der Waals surface area contributed by atoms with Crippen LogP contribution < -0.4 is 0 Å². The van der Waals surface area contributed by atoms with Gasteiger partial charge in [-0.2, -0.15) is 0 Å². The lowest BCUT2D eigenvalue weighted by molar-refractivity contribution is -0.137. The molecule has 2 aliphatic heterocycles. The Labute approximate surface area is 251 Å². The molecule has 224 valence electrons. The summed E-state index contributed by atoms with van der Waals surface area (Å²) in [6, 6.07) is 6.09. The largest absolute Gasteiger partial charge is 0.481 e. The van der Waals surface area contributed by atoms with Gasteiger partial charge in [0.2, 0.25) is 0 Å². The van der Waals surface area contributed by atoms with Gasteiger partial charge in [-0.3, -0.25) is 9.59 Å². The van der Waals surface area contributed by atoms with Gasteiger partial charge in [-0.15, -0.1) is 0 Å². The van der Waals surface area contributed by atoms with Gasteiger partial charge in [0, 0.05) is 34.9 Å². The van der Waals surface area contributed by atoms with Gasteiger partial charge in [0.05, 0.1) is 22.8 Å². The minimum atomic E-state index is -0.864. The maximum absolute atomic E-state index is 11.6. The Kier molecular flexibility index (Phi) is 8.14. The van der Waals surface area contributed by atoms with Crippen LogP contribution in [0.3, 0.4) is 0 Å². The van der Waals surface area contributed by atoms with Gasteiger partial charge in [0.1, 0.15) is 0 Å². The molecular formula is C35H40N4O4. The van der Waals surface area contributed by atoms with Crippen molar-refractivity contribution in [1.82, 2.24) is 19.9 Å². The molecule has 0 aliphatic carbocycles. The molecular weight excluding hydrogens is 540 g/mol. The minimum absolute atomic E-state index is 0.00242. The molecule has 2 aliphatic rings. The number of H-pyrrole nitrogens is 2. The zero-order valence-electron chi connectivity index (χ0n) is 26.1. The van der Waals surface area contributed by atoms with E-state index in [0.717, 1.165) is 85.4 Å². The highest BCUT2D eigenvalue weighted by atomic mass is 16.4. The Hall–Kier alpha value is -4.46. The summed E-state index contributed by atoms with van der Waals surface area (Å²) >= 11 is 0. The van der Waals surface area contributed by atoms with E-state index in [2.05, 4.69) is 56.7 Å². The fourth-order valence-corrected chi connectivity index (χ4v) is 6.56. The van der Waals surface area contributed by atoms with Gasteiger partial charge in [0.25, 0.3) is 0 Å². The molecule has 43 heavy (non-hydrogen) atoms. The van der Waals surface area contributed by atoms with Crippen LogP contribution in [0.15, 0.2) is 18.2 Å². The number of aromatic amines is 2. The Morgan fingerprint density at radius 2 is 1.23 bits per heavy atom. The van der Waals surface area contributed by atoms with Crippen LogP contribution in [-0.2, 0) is 22.4 Å². The average molecular weight is 581 g/mol. The second-order valence-corrected chi connectivity index (χ2v) is 11.6. The van der Waals surface area contributed by atoms with Crippen LogP contribution in [-0.4, -0.2) is 42.1 Å². The first kappa shape index (κ1) is 30.0. The summed E-state index contributed by atoms with van der Waals surface area (Å²) in [7, 11) is 0. The zero-order chi connectivity index (χ0) is 31.2. The summed E-state index contributed by atoms with van der Waals surface area (Å²) in [5.41, 5.74) is 16.6. The molecule has 4 N–H and O–H groups in total. The van der Waals surface area contributed by atoms with Gasteiger partial charge in [-0.25, -0.2) is 9.97 Å². The van der Waals surface area contributed by atoms with E-state index in [4.69, 9.17) is 9.97 Å². The average Bonchev–Trinajstić information content (AvgIpc) is 3.63. The van der Waals surface area contributed by atoms with E-state index >= 15 is 0 Å². The number of aryl methyl sites for hydroxylation is 5. The number of carboxylic acid groups (broad SMARTS) is 2. The van der Waals surface area contributed by atoms with Crippen molar-refractivity contribution in [3.05, 3.63) is 68.8 Å². The molecule has 0 saturated heterocycles. The van der Waals surface area contributed by atoms with Crippen molar-refractivity contribution < 1.29 is 19.8 Å². The van der Waals surface area contributed by atoms with Crippen LogP contribution in [0.5, 0.6) is 0 Å². The molecule has 0 saturated carbocycles. The van der Waals surface area contributed by atoms with Crippen LogP contribution in [0.4, 0.5) is 0 Å². The summed E-state index contributed by atoms with van der Waals surface area (Å²) < 4.78 is 0. The smallest absolute Gasteiger partial charge is 0.303 e. The summed E-state index contributed by atoms with van der Waals surface area (Å²) in [4.78, 5) is 40.6. The molecule has 0 radical (unpaired) electrons. The van der Waals surface area contributed by atoms with Gasteiger partial charge in [-0.05, 0) is 129 Å². The summed E-state index contributed by atoms with van der Waals surface area (Å²) in [5.74, 6) is -1.72. The molecule has 0 fully saturated rings. The standard InChI is InChI=1S/C35H40N4O4/c1-8-22-20(6)34-21(7)35-23(9-2)17(3)28(38-35)14-26-18(4)24(10-12-32(40)41)30(36-26)16-31-25(11-13-33(42)43)19(5)27(37-31)15-29(22)39-34/h14-16,37-38H,8-13H2,1-7H3,(H,40,41)(H,42,43). The highest BCUT2D eigenvalue weighted by Gasteiger charge is 2.22. The quantitative estimate of drug-likeness (QED) is 0.214. The molecule has 0 atom stereocenters. The molecule has 8 bridgehead atoms. The van der Waals surface area contributed by atoms with Crippen LogP contribution >= 0.6 is 0 Å². The van der Waals surface area contributed by atoms with Crippen molar-refractivity contribution >= 4 is 56.3 Å². The number of aromatic nitrogens is 4. The van der Waals surface area contributed by atoms with Crippen molar-refractivity contribution in [2.45, 2.75) is 87.0 Å². The number of aliphatic carboxylic acids is 2. The highest BCUT2D eigenvalue weighted by molar-refractivity contribution is 5.96. The Bertz CT molecular complexity index is 1900. The fourth-order valence-electron chi connectivity index (χ4n) is 6.56. The molecule has 3 aromatic heterocycles. The third-order valence-electron chi connectivity index (χ3n) is 9.06. The third kappa shape index (κ3) is 5.42. The number of nitrogens with zero attached hydrogens (tertiary/aromatic N) is 2. The number of nitrogens with one attached hydrogen (secondary N) is 2. The molecule has 0 unspecified atom stereocenters. The number of hydrogen-bond acceptors (Lipinski definition) is 4. The van der Waals surface area contributed by atoms with Crippen LogP contribution in [0, 0.1) is 20.8 Å². The Morgan fingerprint density at radius 3 is 1.88 bits per heavy atom. The molecule has 0 aromatic carbocycles. The van der Waals surface area contributed by atoms with Crippen LogP contribution in [0.1, 0.15) is 104 Å². The van der Waals surface area contributed by atoms with E-state index in [9.17, 15) is 19.8 Å². The molecule has 5 heterocycles. The van der Waals surface area contributed by atoms with E-state index in [1.54, 1.807) is 0 Å². The third-order valence-corrected chi connectivity index (χ3v) is 9.06. The van der Waals surface area contributed by atoms with Gasteiger partial charge >= 0.3 is 11.9 Å². The first-order chi connectivity index (χ1) is 20.4. The van der Waals surface area contributed by atoms with E-state index < -0.39 is 11.9 Å². The molecule has 8 heteroatoms. The predicted octanol–water partition coefficient (Wildman–Crippen LogP) is 7.96. The Morgan fingerprint density at radius 1 is 0.651 bits per heavy atom. The molecule has 8 nitrogen and oxygen atoms in total. The van der Waals surface area contributed by atoms with Gasteiger partial charge in [-0.1, -0.05) is 13.8 Å². The zero-order valence-corrected chi connectivity index (χ0v) is 26.1. The molecule has 5 rings (SSSR count). The molecule has 0 amide bonds. The predicted molar refractivity (Wildman–Crippen MR) is 173 cm³/mol. The summed E-state index contributed by atoms with van der Waals surface area (Å²) in [5, 5.41) is 19.0. The highest BCUT2D eigenvalue weighted by Crippen LogP contribution is 2.38. The number of rotatable bonds is 8. The second kappa shape index (κ2) is 11.7. The Balaban J connectivity index is 1.96. The van der Waals surface area contributed by atoms with Crippen molar-refractivity contribution in [3.8, 4) is 0 Å². The fraction of sp³-hybridized carbons (Fsp3) is 0.371. The monoisotopic (exact) mass is 580 g/mol. The number of fused-ring (bicyclic) bond motifs is 8. The SMILES string of the molecule is CCC1=C(C)c2nc1cc1[nH]c(cc3nc(cc4[nH]c(c2C)c(CC)c4C)C(C)=C3CCC(=O)O)c(CCC(=O)O)c1C. The lowest BCUT2D eigenvalue weighted by Crippen LogP contribution is -1.98. The van der Waals surface area contributed by atoms with Crippen LogP contribution in [0.25, 0.3) is 44.4 Å². The maximum Gasteiger partial charge on any atom is 0.303 e. The molecule has 0 spiro atoms. The van der Waals surface area contributed by atoms with E-state index in [-0.39, 0.29) is 12.8 Å². The lowest BCUT2D eigenvalue weighted by Gasteiger charge is -2.03. The number of allylic oxidation sites excluding steroid dienone is 4. The van der Waals surface area contributed by atoms with Gasteiger partial charge in [0.15, 0.2) is 0 Å². The number of carboxylic acids is 2. The van der Waals surface area contributed by atoms with Gasteiger partial charge < -0.3 is 20.2 Å². The second-order valence-electron chi connectivity index (χ2n) is 11.6.